The van der Waals surface area contributed by atoms with Crippen LogP contribution in [-0.4, -0.2) is 32.7 Å². The van der Waals surface area contributed by atoms with Gasteiger partial charge in [-0.2, -0.15) is 0 Å². The van der Waals surface area contributed by atoms with Gasteiger partial charge < -0.3 is 9.84 Å². The SMILES string of the molecule is C=CC(=O)OCCCCc1ccc(O)c(-n2nc3ccc(Cl)cc3n2)c1. The number of aryl methyl sites for hydroxylation is 1. The van der Waals surface area contributed by atoms with E-state index >= 15 is 0 Å². The fourth-order valence-electron chi connectivity index (χ4n) is 2.54. The third-order valence-electron chi connectivity index (χ3n) is 3.87. The molecule has 0 unspecified atom stereocenters. The molecule has 1 heterocycles. The number of aromatic nitrogens is 3. The number of hydrogen-bond donors (Lipinski definition) is 1. The zero-order chi connectivity index (χ0) is 18.5. The molecule has 0 saturated heterocycles. The molecular formula is C19H18ClN3O3. The van der Waals surface area contributed by atoms with Crippen LogP contribution in [0.2, 0.25) is 5.02 Å². The van der Waals surface area contributed by atoms with E-state index in [-0.39, 0.29) is 5.75 Å². The molecule has 0 aliphatic carbocycles. The van der Waals surface area contributed by atoms with E-state index in [1.807, 2.05) is 12.1 Å². The molecule has 0 aliphatic heterocycles. The maximum Gasteiger partial charge on any atom is 0.330 e. The summed E-state index contributed by atoms with van der Waals surface area (Å²) in [5.74, 6) is -0.311. The van der Waals surface area contributed by atoms with Crippen LogP contribution >= 0.6 is 11.6 Å². The van der Waals surface area contributed by atoms with Gasteiger partial charge in [-0.05, 0) is 55.2 Å². The van der Waals surface area contributed by atoms with Crippen molar-refractivity contribution in [3.63, 3.8) is 0 Å². The first-order valence-corrected chi connectivity index (χ1v) is 8.58. The first-order valence-electron chi connectivity index (χ1n) is 8.21. The highest BCUT2D eigenvalue weighted by Gasteiger charge is 2.10. The lowest BCUT2D eigenvalue weighted by atomic mass is 10.1. The van der Waals surface area contributed by atoms with Crippen LogP contribution in [0.15, 0.2) is 49.1 Å². The van der Waals surface area contributed by atoms with Crippen LogP contribution in [0, 0.1) is 0 Å². The zero-order valence-electron chi connectivity index (χ0n) is 14.1. The minimum Gasteiger partial charge on any atom is -0.506 e. The van der Waals surface area contributed by atoms with Crippen molar-refractivity contribution in [2.45, 2.75) is 19.3 Å². The van der Waals surface area contributed by atoms with Crippen molar-refractivity contribution in [2.75, 3.05) is 6.61 Å². The zero-order valence-corrected chi connectivity index (χ0v) is 14.8. The van der Waals surface area contributed by atoms with Crippen LogP contribution in [0.5, 0.6) is 5.75 Å². The maximum atomic E-state index is 11.0. The summed E-state index contributed by atoms with van der Waals surface area (Å²) in [5.41, 5.74) is 2.90. The summed E-state index contributed by atoms with van der Waals surface area (Å²) in [6.45, 7) is 3.72. The summed E-state index contributed by atoms with van der Waals surface area (Å²) in [5, 5.41) is 19.5. The Bertz CT molecular complexity index is 952. The van der Waals surface area contributed by atoms with Crippen molar-refractivity contribution in [2.24, 2.45) is 0 Å². The number of rotatable bonds is 7. The van der Waals surface area contributed by atoms with Gasteiger partial charge in [-0.1, -0.05) is 24.2 Å². The average Bonchev–Trinajstić information content (AvgIpc) is 3.05. The first kappa shape index (κ1) is 17.9. The summed E-state index contributed by atoms with van der Waals surface area (Å²) < 4.78 is 4.95. The van der Waals surface area contributed by atoms with Crippen LogP contribution in [0.4, 0.5) is 0 Å². The van der Waals surface area contributed by atoms with Crippen molar-refractivity contribution in [3.05, 3.63) is 59.6 Å². The molecule has 7 heteroatoms. The number of halogens is 1. The molecule has 134 valence electrons. The van der Waals surface area contributed by atoms with Crippen LogP contribution < -0.4 is 0 Å². The van der Waals surface area contributed by atoms with Crippen molar-refractivity contribution in [1.82, 2.24) is 15.0 Å². The Balaban J connectivity index is 1.70. The number of carbonyl (C=O) groups excluding carboxylic acids is 1. The van der Waals surface area contributed by atoms with Gasteiger partial charge in [0.05, 0.1) is 6.61 Å². The number of carbonyl (C=O) groups is 1. The number of aromatic hydroxyl groups is 1. The predicted octanol–water partition coefficient (Wildman–Crippen LogP) is 3.83. The molecule has 0 spiro atoms. The highest BCUT2D eigenvalue weighted by Crippen LogP contribution is 2.24. The molecule has 1 N–H and O–H groups in total. The Morgan fingerprint density at radius 2 is 2.00 bits per heavy atom. The molecule has 1 aromatic heterocycles. The lowest BCUT2D eigenvalue weighted by Crippen LogP contribution is -2.03. The van der Waals surface area contributed by atoms with Crippen LogP contribution in [0.3, 0.4) is 0 Å². The molecule has 0 fully saturated rings. The third kappa shape index (κ3) is 4.21. The summed E-state index contributed by atoms with van der Waals surface area (Å²) in [4.78, 5) is 12.4. The van der Waals surface area contributed by atoms with E-state index in [1.54, 1.807) is 24.3 Å². The van der Waals surface area contributed by atoms with Gasteiger partial charge >= 0.3 is 5.97 Å². The molecule has 0 saturated carbocycles. The Morgan fingerprint density at radius 1 is 1.19 bits per heavy atom. The third-order valence-corrected chi connectivity index (χ3v) is 4.10. The standard InChI is InChI=1S/C19H18ClN3O3/c1-2-19(25)26-10-4-3-5-13-6-9-18(24)17(11-13)23-21-15-8-7-14(20)12-16(15)22-23/h2,6-9,11-12,24H,1,3-5,10H2. The van der Waals surface area contributed by atoms with Gasteiger partial charge in [0, 0.05) is 11.1 Å². The van der Waals surface area contributed by atoms with E-state index in [2.05, 4.69) is 16.8 Å². The highest BCUT2D eigenvalue weighted by atomic mass is 35.5. The molecule has 0 amide bonds. The largest absolute Gasteiger partial charge is 0.506 e. The monoisotopic (exact) mass is 371 g/mol. The van der Waals surface area contributed by atoms with Gasteiger partial charge in [0.25, 0.3) is 0 Å². The normalized spacial score (nSPS) is 10.8. The summed E-state index contributed by atoms with van der Waals surface area (Å²) in [6, 6.07) is 10.6. The number of esters is 1. The number of unbranched alkanes of at least 4 members (excludes halogenated alkanes) is 1. The maximum absolute atomic E-state index is 11.0. The van der Waals surface area contributed by atoms with Gasteiger partial charge in [0.2, 0.25) is 0 Å². The van der Waals surface area contributed by atoms with Gasteiger partial charge in [-0.3, -0.25) is 0 Å². The molecule has 0 atom stereocenters. The van der Waals surface area contributed by atoms with Crippen molar-refractivity contribution < 1.29 is 14.6 Å². The molecule has 26 heavy (non-hydrogen) atoms. The number of phenols is 1. The number of ether oxygens (including phenoxy) is 1. The molecule has 0 bridgehead atoms. The van der Waals surface area contributed by atoms with Crippen LogP contribution in [0.1, 0.15) is 18.4 Å². The Morgan fingerprint density at radius 3 is 2.81 bits per heavy atom. The highest BCUT2D eigenvalue weighted by molar-refractivity contribution is 6.31. The molecule has 3 aromatic rings. The topological polar surface area (TPSA) is 77.2 Å². The minimum absolute atomic E-state index is 0.0973. The lowest BCUT2D eigenvalue weighted by molar-refractivity contribution is -0.137. The van der Waals surface area contributed by atoms with E-state index < -0.39 is 5.97 Å². The van der Waals surface area contributed by atoms with Gasteiger partial charge in [0.15, 0.2) is 0 Å². The second-order valence-corrected chi connectivity index (χ2v) is 6.21. The summed E-state index contributed by atoms with van der Waals surface area (Å²) in [7, 11) is 0. The number of nitrogens with zero attached hydrogens (tertiary/aromatic N) is 3. The number of hydrogen-bond acceptors (Lipinski definition) is 5. The quantitative estimate of drug-likeness (QED) is 0.388. The van der Waals surface area contributed by atoms with E-state index in [4.69, 9.17) is 16.3 Å². The van der Waals surface area contributed by atoms with E-state index in [0.717, 1.165) is 30.9 Å². The van der Waals surface area contributed by atoms with Crippen molar-refractivity contribution in [1.29, 1.82) is 0 Å². The Kier molecular flexibility index (Phi) is 5.53. The van der Waals surface area contributed by atoms with Gasteiger partial charge in [-0.25, -0.2) is 4.79 Å². The first-order chi connectivity index (χ1) is 12.6. The van der Waals surface area contributed by atoms with E-state index in [9.17, 15) is 9.90 Å². The van der Waals surface area contributed by atoms with Gasteiger partial charge in [0.1, 0.15) is 22.5 Å². The molecule has 6 nitrogen and oxygen atoms in total. The van der Waals surface area contributed by atoms with E-state index in [1.165, 1.54) is 4.80 Å². The van der Waals surface area contributed by atoms with Crippen LogP contribution in [0.25, 0.3) is 16.7 Å². The summed E-state index contributed by atoms with van der Waals surface area (Å²) in [6.07, 6.45) is 3.53. The van der Waals surface area contributed by atoms with Crippen LogP contribution in [-0.2, 0) is 16.0 Å². The minimum atomic E-state index is -0.408. The van der Waals surface area contributed by atoms with Crippen molar-refractivity contribution >= 4 is 28.6 Å². The second-order valence-electron chi connectivity index (χ2n) is 5.77. The second kappa shape index (κ2) is 8.01. The fourth-order valence-corrected chi connectivity index (χ4v) is 2.71. The number of fused-ring (bicyclic) bond motifs is 1. The molecule has 0 aliphatic rings. The number of phenolic OH excluding ortho intramolecular Hbond substituents is 1. The lowest BCUT2D eigenvalue weighted by Gasteiger charge is -2.07. The number of benzene rings is 2. The molecule has 2 aromatic carbocycles. The Labute approximate surface area is 155 Å². The smallest absolute Gasteiger partial charge is 0.330 e. The van der Waals surface area contributed by atoms with E-state index in [0.29, 0.717) is 28.4 Å². The van der Waals surface area contributed by atoms with Gasteiger partial charge in [-0.15, -0.1) is 15.0 Å². The Hall–Kier alpha value is -2.86. The van der Waals surface area contributed by atoms with Crippen molar-refractivity contribution in [3.8, 4) is 11.4 Å². The predicted molar refractivity (Wildman–Crippen MR) is 99.6 cm³/mol. The average molecular weight is 372 g/mol. The summed E-state index contributed by atoms with van der Waals surface area (Å²) >= 11 is 5.98. The molecule has 3 rings (SSSR count). The fraction of sp³-hybridized carbons (Fsp3) is 0.211. The molecular weight excluding hydrogens is 354 g/mol. The molecule has 0 radical (unpaired) electrons.